The normalized spacial score (nSPS) is 20.4. The Morgan fingerprint density at radius 2 is 0.983 bits per heavy atom. The number of methoxy groups -OCH3 is 2. The fraction of sp³-hybridized carbons (Fsp3) is 0.670. The summed E-state index contributed by atoms with van der Waals surface area (Å²) >= 11 is 0. The zero-order valence-corrected chi connectivity index (χ0v) is 81.1. The third-order valence-corrected chi connectivity index (χ3v) is 27.5. The summed E-state index contributed by atoms with van der Waals surface area (Å²) in [5, 5.41) is 23.1. The van der Waals surface area contributed by atoms with Crippen LogP contribution in [-0.4, -0.2) is 71.9 Å². The number of phenolic OH excluding ortho intramolecular Hbond substituents is 1. The molecule has 2 aliphatic carbocycles. The summed E-state index contributed by atoms with van der Waals surface area (Å²) in [6.07, 6.45) is 73.8. The maximum atomic E-state index is 15.2. The fourth-order valence-electron chi connectivity index (χ4n) is 17.9. The molecule has 1 aromatic carbocycles. The van der Waals surface area contributed by atoms with Gasteiger partial charge in [-0.1, -0.05) is 372 Å². The molecule has 4 rings (SSSR count). The molecule has 1 aliphatic heterocycles. The van der Waals surface area contributed by atoms with Crippen molar-refractivity contribution in [3.63, 3.8) is 0 Å². The highest BCUT2D eigenvalue weighted by Crippen LogP contribution is 2.46. The minimum atomic E-state index is -1.03. The van der Waals surface area contributed by atoms with E-state index in [4.69, 9.17) is 30.3 Å². The lowest BCUT2D eigenvalue weighted by molar-refractivity contribution is -0.214. The topological polar surface area (TPSA) is 104 Å². The summed E-state index contributed by atoms with van der Waals surface area (Å²) < 4.78 is 33.7. The number of carbonyl (C=O) groups is 1. The summed E-state index contributed by atoms with van der Waals surface area (Å²) in [6.45, 7) is 60.0. The third kappa shape index (κ3) is 40.0. The largest absolute Gasteiger partial charge is 0.504 e. The number of aliphatic hydroxyl groups is 1. The van der Waals surface area contributed by atoms with Crippen molar-refractivity contribution in [2.45, 2.75) is 437 Å². The number of Topliss-reactive ketones (excluding diaryl/α,β-unsaturated/α-hetero) is 1. The van der Waals surface area contributed by atoms with Crippen molar-refractivity contribution in [1.29, 1.82) is 0 Å². The van der Waals surface area contributed by atoms with E-state index >= 15 is 4.79 Å². The summed E-state index contributed by atoms with van der Waals surface area (Å²) in [6, 6.07) is 3.66. The predicted molar refractivity (Wildman–Crippen MR) is 520 cm³/mol. The molecule has 1 fully saturated rings. The van der Waals surface area contributed by atoms with Gasteiger partial charge in [-0.05, 0) is 242 Å². The summed E-state index contributed by atoms with van der Waals surface area (Å²) in [5.74, 6) is 2.96. The molecule has 1 aromatic rings. The lowest BCUT2D eigenvalue weighted by Gasteiger charge is -2.44. The van der Waals surface area contributed by atoms with Crippen LogP contribution in [0.4, 0.5) is 0 Å². The number of hydrogen-bond donors (Lipinski definition) is 2. The highest BCUT2D eigenvalue weighted by molar-refractivity contribution is 6.00. The molecule has 0 radical (unpaired) electrons. The first kappa shape index (κ1) is 107. The molecule has 8 heteroatoms. The van der Waals surface area contributed by atoms with E-state index in [0.717, 1.165) is 143 Å². The molecule has 0 saturated carbocycles. The van der Waals surface area contributed by atoms with E-state index < -0.39 is 17.3 Å². The first-order valence-electron chi connectivity index (χ1n) is 48.3. The second-order valence-corrected chi connectivity index (χ2v) is 39.6. The van der Waals surface area contributed by atoms with Crippen LogP contribution in [-0.2, 0) is 25.4 Å². The highest BCUT2D eigenvalue weighted by atomic mass is 16.6. The number of unbranched alkanes of at least 4 members (excludes halogenated alkanes) is 22. The van der Waals surface area contributed by atoms with Gasteiger partial charge in [-0.3, -0.25) is 4.79 Å². The number of benzene rings is 1. The quantitative estimate of drug-likeness (QED) is 0.0378. The molecule has 3 aliphatic rings. The maximum Gasteiger partial charge on any atom is 0.187 e. The Balaban J connectivity index is 1.52. The Bertz CT molecular complexity index is 3610. The monoisotopic (exact) mass is 1650 g/mol. The number of ether oxygens (including phenoxy) is 5. The molecule has 8 nitrogen and oxygen atoms in total. The molecule has 676 valence electrons. The van der Waals surface area contributed by atoms with E-state index in [2.05, 4.69) is 223 Å². The summed E-state index contributed by atoms with van der Waals surface area (Å²) in [5.41, 5.74) is 13.6. The minimum absolute atomic E-state index is 0.0828. The number of aryl methyl sites for hydroxylation is 1. The second kappa shape index (κ2) is 57.0. The molecule has 2 N–H and O–H groups in total. The van der Waals surface area contributed by atoms with E-state index in [1.54, 1.807) is 20.3 Å². The molecule has 11 unspecified atom stereocenters. The molecule has 0 amide bonds. The van der Waals surface area contributed by atoms with Gasteiger partial charge in [-0.15, -0.1) is 0 Å². The van der Waals surface area contributed by atoms with Gasteiger partial charge in [0, 0.05) is 11.6 Å². The number of allylic oxidation sites excluding steroid dienone is 25. The number of phenols is 1. The van der Waals surface area contributed by atoms with Crippen molar-refractivity contribution >= 4 is 5.78 Å². The molecule has 120 heavy (non-hydrogen) atoms. The van der Waals surface area contributed by atoms with Crippen LogP contribution in [0.2, 0.25) is 0 Å². The number of rotatable bonds is 63. The van der Waals surface area contributed by atoms with E-state index in [1.165, 1.54) is 186 Å². The predicted octanol–water partition coefficient (Wildman–Crippen LogP) is 32.6. The Kier molecular flexibility index (Phi) is 50.6. The fourth-order valence-corrected chi connectivity index (χ4v) is 17.9. The van der Waals surface area contributed by atoms with Gasteiger partial charge in [0.25, 0.3) is 0 Å². The van der Waals surface area contributed by atoms with Crippen molar-refractivity contribution < 1.29 is 38.7 Å². The number of aromatic hydroxyl groups is 1. The van der Waals surface area contributed by atoms with Crippen molar-refractivity contribution in [3.05, 3.63) is 196 Å². The average molecular weight is 1650 g/mol. The molecule has 0 bridgehead atoms. The number of hydrogen-bond acceptors (Lipinski definition) is 8. The lowest BCUT2D eigenvalue weighted by Crippen LogP contribution is -2.51. The third-order valence-electron chi connectivity index (χ3n) is 27.5. The summed E-state index contributed by atoms with van der Waals surface area (Å²) in [4.78, 5) is 15.2. The standard InChI is InChI=1S/C112H180O8/c1-26-27-28-44-48-63-101(118-104-82-110(20,21)100(96(17)107(104)113)72-66-88(9)60-53-58-86(7)56-51-50-55-85(6)57-52-59-87(8)65-71-99-95(16)61-54-77-109(99,18)19)102(64-49-46-43-41-39-37-35-33-31-29-30-32-34-36-38-40-42-45-47-62-97-80-98(116-24)81-103(117-25)108(97)114)120-112(23,79-76-94(15)92(13)70-68-90(11)84(4)5)106-74-73-105(119-106)111(22,115)78-75-93(14)91(12)69-67-89(10)83(2)3/h50-53,55-60,65-66,71-72,80-81,89-90,93-94,101-102,104-106,114-115H,2,4,12-13,26-49,54,61-64,67-70,73-79,82H2,1,3,5-11,14-25H3/b51-50+,57-52+,58-53+,71-65+,72-66+,85-55+,86-56+,87-59+,88-60+. The van der Waals surface area contributed by atoms with Gasteiger partial charge in [-0.25, -0.2) is 0 Å². The van der Waals surface area contributed by atoms with Crippen molar-refractivity contribution in [1.82, 2.24) is 0 Å². The minimum Gasteiger partial charge on any atom is -0.504 e. The maximum absolute atomic E-state index is 15.2. The molecule has 1 saturated heterocycles. The lowest BCUT2D eigenvalue weighted by atomic mass is 9.70. The van der Waals surface area contributed by atoms with Gasteiger partial charge in [0.05, 0.1) is 49.8 Å². The number of carbonyl (C=O) groups excluding carboxylic acids is 1. The first-order valence-corrected chi connectivity index (χ1v) is 48.3. The SMILES string of the molecule is C=C(C)C(C)CCC(=C)C(C)CCC(C)(O)C1CCC(C(C)(CCC(C)C(=C)CCC(C)C(=C)C)OC(CCCCCCCCCCCCCCCCCCCCCc2cc(OC)cc(OC)c2O)C(CCCCCCC)OC2CC(C)(C)C(/C=C/C(C)=C/C=C/C(C)=C/C=C/C=C(C)/C=C/C=C(C)/C=C/C3=C(C)CCCC3(C)C)=C(C)C2=O)O1. The van der Waals surface area contributed by atoms with Crippen LogP contribution in [0.3, 0.4) is 0 Å². The van der Waals surface area contributed by atoms with Crippen LogP contribution in [0.15, 0.2) is 190 Å². The van der Waals surface area contributed by atoms with Crippen LogP contribution in [0.5, 0.6) is 17.2 Å². The Hall–Kier alpha value is -5.77. The van der Waals surface area contributed by atoms with E-state index in [1.807, 2.05) is 19.9 Å². The molecule has 1 heterocycles. The van der Waals surface area contributed by atoms with Crippen LogP contribution in [0.1, 0.15) is 394 Å². The van der Waals surface area contributed by atoms with Gasteiger partial charge >= 0.3 is 0 Å². The van der Waals surface area contributed by atoms with Crippen LogP contribution < -0.4 is 9.47 Å². The summed E-state index contributed by atoms with van der Waals surface area (Å²) in [7, 11) is 3.23. The average Bonchev–Trinajstić information content (AvgIpc) is 1.08. The van der Waals surface area contributed by atoms with Gasteiger partial charge in [0.1, 0.15) is 11.9 Å². The second-order valence-electron chi connectivity index (χ2n) is 39.6. The van der Waals surface area contributed by atoms with E-state index in [0.29, 0.717) is 30.4 Å². The molecular formula is C112H180O8. The van der Waals surface area contributed by atoms with Gasteiger partial charge in [0.2, 0.25) is 0 Å². The zero-order chi connectivity index (χ0) is 88.9. The van der Waals surface area contributed by atoms with E-state index in [-0.39, 0.29) is 58.6 Å². The zero-order valence-electron chi connectivity index (χ0n) is 81.1. The Morgan fingerprint density at radius 1 is 0.542 bits per heavy atom. The molecule has 11 atom stereocenters. The Labute approximate surface area is 738 Å². The van der Waals surface area contributed by atoms with Crippen LogP contribution in [0, 0.1) is 34.5 Å². The molecular weight excluding hydrogens is 1470 g/mol. The van der Waals surface area contributed by atoms with Gasteiger partial charge < -0.3 is 33.9 Å². The highest BCUT2D eigenvalue weighted by Gasteiger charge is 2.49. The van der Waals surface area contributed by atoms with Crippen molar-refractivity contribution in [3.8, 4) is 17.2 Å². The van der Waals surface area contributed by atoms with Crippen molar-refractivity contribution in [2.75, 3.05) is 14.2 Å². The van der Waals surface area contributed by atoms with Gasteiger partial charge in [-0.2, -0.15) is 0 Å². The first-order chi connectivity index (χ1) is 57.0. The smallest absolute Gasteiger partial charge is 0.187 e. The van der Waals surface area contributed by atoms with Crippen LogP contribution >= 0.6 is 0 Å². The van der Waals surface area contributed by atoms with Crippen molar-refractivity contribution in [2.24, 2.45) is 34.5 Å². The molecule has 0 spiro atoms. The molecule has 0 aromatic heterocycles. The van der Waals surface area contributed by atoms with Gasteiger partial charge in [0.15, 0.2) is 17.3 Å². The Morgan fingerprint density at radius 3 is 1.46 bits per heavy atom. The van der Waals surface area contributed by atoms with E-state index in [9.17, 15) is 10.2 Å². The van der Waals surface area contributed by atoms with Crippen LogP contribution in [0.25, 0.3) is 0 Å². The number of ketones is 1.